The van der Waals surface area contributed by atoms with Crippen LogP contribution in [0, 0.1) is 0 Å². The SMILES string of the molecule is CCCNCc1nc(C(C)C)ncc1N1CCN(C)CC1. The van der Waals surface area contributed by atoms with Crippen LogP contribution in [0.15, 0.2) is 6.20 Å². The Bertz CT molecular complexity index is 438. The Morgan fingerprint density at radius 1 is 1.24 bits per heavy atom. The van der Waals surface area contributed by atoms with Gasteiger partial charge in [-0.1, -0.05) is 20.8 Å². The highest BCUT2D eigenvalue weighted by Gasteiger charge is 2.19. The molecule has 5 nitrogen and oxygen atoms in total. The third-order valence-corrected chi connectivity index (χ3v) is 3.94. The number of aromatic nitrogens is 2. The van der Waals surface area contributed by atoms with E-state index >= 15 is 0 Å². The lowest BCUT2D eigenvalue weighted by Gasteiger charge is -2.34. The second-order valence-corrected chi connectivity index (χ2v) is 6.18. The number of likely N-dealkylation sites (N-methyl/N-ethyl adjacent to an activating group) is 1. The Morgan fingerprint density at radius 3 is 2.57 bits per heavy atom. The van der Waals surface area contributed by atoms with Crippen molar-refractivity contribution in [3.63, 3.8) is 0 Å². The lowest BCUT2D eigenvalue weighted by Crippen LogP contribution is -2.45. The van der Waals surface area contributed by atoms with Gasteiger partial charge >= 0.3 is 0 Å². The van der Waals surface area contributed by atoms with E-state index in [2.05, 4.69) is 47.9 Å². The van der Waals surface area contributed by atoms with E-state index in [1.54, 1.807) is 0 Å². The Morgan fingerprint density at radius 2 is 1.95 bits per heavy atom. The lowest BCUT2D eigenvalue weighted by molar-refractivity contribution is 0.312. The van der Waals surface area contributed by atoms with E-state index in [-0.39, 0.29) is 0 Å². The van der Waals surface area contributed by atoms with E-state index in [1.165, 1.54) is 5.69 Å². The largest absolute Gasteiger partial charge is 0.366 e. The summed E-state index contributed by atoms with van der Waals surface area (Å²) in [7, 11) is 2.18. The summed E-state index contributed by atoms with van der Waals surface area (Å²) in [6, 6.07) is 0. The van der Waals surface area contributed by atoms with E-state index in [4.69, 9.17) is 4.98 Å². The van der Waals surface area contributed by atoms with Crippen LogP contribution in [-0.4, -0.2) is 54.6 Å². The number of rotatable bonds is 6. The fraction of sp³-hybridized carbons (Fsp3) is 0.750. The van der Waals surface area contributed by atoms with Gasteiger partial charge in [0.1, 0.15) is 5.82 Å². The lowest BCUT2D eigenvalue weighted by atomic mass is 10.2. The second kappa shape index (κ2) is 7.71. The second-order valence-electron chi connectivity index (χ2n) is 6.18. The maximum absolute atomic E-state index is 4.81. The van der Waals surface area contributed by atoms with Gasteiger partial charge in [-0.15, -0.1) is 0 Å². The quantitative estimate of drug-likeness (QED) is 0.810. The molecular weight excluding hydrogens is 262 g/mol. The maximum atomic E-state index is 4.81. The molecule has 0 bridgehead atoms. The van der Waals surface area contributed by atoms with Crippen LogP contribution in [0.1, 0.15) is 44.6 Å². The van der Waals surface area contributed by atoms with Crippen LogP contribution in [0.4, 0.5) is 5.69 Å². The molecule has 0 amide bonds. The van der Waals surface area contributed by atoms with Crippen LogP contribution < -0.4 is 10.2 Å². The van der Waals surface area contributed by atoms with Crippen LogP contribution in [0.25, 0.3) is 0 Å². The summed E-state index contributed by atoms with van der Waals surface area (Å²) in [6.45, 7) is 12.7. The number of piperazine rings is 1. The molecule has 0 atom stereocenters. The number of anilines is 1. The van der Waals surface area contributed by atoms with Crippen molar-refractivity contribution in [2.45, 2.75) is 39.7 Å². The van der Waals surface area contributed by atoms with Crippen molar-refractivity contribution in [3.8, 4) is 0 Å². The molecule has 0 unspecified atom stereocenters. The minimum Gasteiger partial charge on any atom is -0.366 e. The van der Waals surface area contributed by atoms with Crippen LogP contribution in [0.5, 0.6) is 0 Å². The summed E-state index contributed by atoms with van der Waals surface area (Å²) < 4.78 is 0. The third kappa shape index (κ3) is 4.38. The van der Waals surface area contributed by atoms with Crippen molar-refractivity contribution in [2.75, 3.05) is 44.7 Å². The Kier molecular flexibility index (Phi) is 5.94. The number of hydrogen-bond donors (Lipinski definition) is 1. The van der Waals surface area contributed by atoms with Crippen LogP contribution in [0.2, 0.25) is 0 Å². The highest BCUT2D eigenvalue weighted by atomic mass is 15.3. The molecule has 0 aliphatic carbocycles. The average molecular weight is 291 g/mol. The van der Waals surface area contributed by atoms with Crippen molar-refractivity contribution in [2.24, 2.45) is 0 Å². The van der Waals surface area contributed by atoms with E-state index in [0.717, 1.165) is 57.2 Å². The molecule has 0 aromatic carbocycles. The molecule has 118 valence electrons. The van der Waals surface area contributed by atoms with Gasteiger partial charge in [0, 0.05) is 38.6 Å². The molecule has 5 heteroatoms. The van der Waals surface area contributed by atoms with Crippen molar-refractivity contribution >= 4 is 5.69 Å². The molecule has 1 N–H and O–H groups in total. The fourth-order valence-electron chi connectivity index (χ4n) is 2.53. The molecule has 0 spiro atoms. The van der Waals surface area contributed by atoms with Crippen LogP contribution in [0.3, 0.4) is 0 Å². The first-order valence-electron chi connectivity index (χ1n) is 8.11. The Hall–Kier alpha value is -1.20. The number of hydrogen-bond acceptors (Lipinski definition) is 5. The molecule has 0 radical (unpaired) electrons. The van der Waals surface area contributed by atoms with Gasteiger partial charge in [0.15, 0.2) is 0 Å². The molecule has 1 saturated heterocycles. The normalized spacial score (nSPS) is 16.7. The van der Waals surface area contributed by atoms with E-state index in [9.17, 15) is 0 Å². The highest BCUT2D eigenvalue weighted by molar-refractivity contribution is 5.49. The molecule has 1 aliphatic rings. The smallest absolute Gasteiger partial charge is 0.131 e. The van der Waals surface area contributed by atoms with Gasteiger partial charge in [-0.25, -0.2) is 9.97 Å². The summed E-state index contributed by atoms with van der Waals surface area (Å²) in [5, 5.41) is 3.48. The van der Waals surface area contributed by atoms with Gasteiger partial charge < -0.3 is 15.1 Å². The third-order valence-electron chi connectivity index (χ3n) is 3.94. The predicted octanol–water partition coefficient (Wildman–Crippen LogP) is 1.85. The molecule has 1 aromatic rings. The zero-order valence-electron chi connectivity index (χ0n) is 13.9. The van der Waals surface area contributed by atoms with Gasteiger partial charge in [0.2, 0.25) is 0 Å². The fourth-order valence-corrected chi connectivity index (χ4v) is 2.53. The Labute approximate surface area is 128 Å². The predicted molar refractivity (Wildman–Crippen MR) is 87.8 cm³/mol. The molecule has 1 aliphatic heterocycles. The van der Waals surface area contributed by atoms with Crippen LogP contribution >= 0.6 is 0 Å². The topological polar surface area (TPSA) is 44.3 Å². The zero-order valence-corrected chi connectivity index (χ0v) is 13.9. The summed E-state index contributed by atoms with van der Waals surface area (Å²) in [4.78, 5) is 14.2. The minimum atomic E-state index is 0.372. The minimum absolute atomic E-state index is 0.372. The Balaban J connectivity index is 2.17. The first-order chi connectivity index (χ1) is 10.1. The molecule has 0 saturated carbocycles. The molecule has 2 heterocycles. The van der Waals surface area contributed by atoms with E-state index in [0.29, 0.717) is 5.92 Å². The maximum Gasteiger partial charge on any atom is 0.131 e. The van der Waals surface area contributed by atoms with Gasteiger partial charge in [-0.3, -0.25) is 0 Å². The van der Waals surface area contributed by atoms with Crippen molar-refractivity contribution in [1.29, 1.82) is 0 Å². The summed E-state index contributed by atoms with van der Waals surface area (Å²) in [5.41, 5.74) is 2.35. The van der Waals surface area contributed by atoms with Gasteiger partial charge in [0.25, 0.3) is 0 Å². The molecule has 2 rings (SSSR count). The summed E-state index contributed by atoms with van der Waals surface area (Å²) in [5.74, 6) is 1.32. The molecule has 21 heavy (non-hydrogen) atoms. The number of nitrogens with zero attached hydrogens (tertiary/aromatic N) is 4. The van der Waals surface area contributed by atoms with E-state index in [1.807, 2.05) is 6.20 Å². The van der Waals surface area contributed by atoms with Crippen LogP contribution in [-0.2, 0) is 6.54 Å². The van der Waals surface area contributed by atoms with E-state index < -0.39 is 0 Å². The molecule has 1 fully saturated rings. The molecule has 1 aromatic heterocycles. The zero-order chi connectivity index (χ0) is 15.2. The molecular formula is C16H29N5. The monoisotopic (exact) mass is 291 g/mol. The standard InChI is InChI=1S/C16H29N5/c1-5-6-17-11-14-15(12-18-16(19-14)13(2)3)21-9-7-20(4)8-10-21/h12-13,17H,5-11H2,1-4H3. The van der Waals surface area contributed by atoms with Gasteiger partial charge in [-0.05, 0) is 20.0 Å². The van der Waals surface area contributed by atoms with Crippen molar-refractivity contribution < 1.29 is 0 Å². The van der Waals surface area contributed by atoms with Gasteiger partial charge in [-0.2, -0.15) is 0 Å². The van der Waals surface area contributed by atoms with Crippen molar-refractivity contribution in [3.05, 3.63) is 17.7 Å². The highest BCUT2D eigenvalue weighted by Crippen LogP contribution is 2.21. The van der Waals surface area contributed by atoms with Crippen molar-refractivity contribution in [1.82, 2.24) is 20.2 Å². The first kappa shape index (κ1) is 16.2. The average Bonchev–Trinajstić information content (AvgIpc) is 2.48. The number of nitrogens with one attached hydrogen (secondary N) is 1. The summed E-state index contributed by atoms with van der Waals surface area (Å²) >= 11 is 0. The van der Waals surface area contributed by atoms with Gasteiger partial charge in [0.05, 0.1) is 17.6 Å². The summed E-state index contributed by atoms with van der Waals surface area (Å²) in [6.07, 6.45) is 3.17. The first-order valence-corrected chi connectivity index (χ1v) is 8.11.